The molecule has 0 saturated carbocycles. The van der Waals surface area contributed by atoms with E-state index in [4.69, 9.17) is 5.11 Å². The molecule has 0 spiro atoms. The van der Waals surface area contributed by atoms with Crippen LogP contribution in [0.4, 0.5) is 4.79 Å². The molecular weight excluding hydrogens is 258 g/mol. The van der Waals surface area contributed by atoms with Gasteiger partial charge in [0.05, 0.1) is 5.92 Å². The molecule has 0 aromatic rings. The first-order valence-electron chi connectivity index (χ1n) is 7.38. The van der Waals surface area contributed by atoms with Gasteiger partial charge in [0.2, 0.25) is 0 Å². The highest BCUT2D eigenvalue weighted by Gasteiger charge is 2.24. The fraction of sp³-hybridized carbons (Fsp3) is 0.857. The number of carboxylic acids is 1. The lowest BCUT2D eigenvalue weighted by Gasteiger charge is -2.20. The third kappa shape index (κ3) is 5.77. The zero-order chi connectivity index (χ0) is 15.1. The molecule has 3 N–H and O–H groups in total. The molecule has 1 aliphatic rings. The van der Waals surface area contributed by atoms with Gasteiger partial charge in [0.25, 0.3) is 0 Å². The van der Waals surface area contributed by atoms with Crippen molar-refractivity contribution in [3.8, 4) is 0 Å². The predicted octanol–water partition coefficient (Wildman–Crippen LogP) is 1.13. The monoisotopic (exact) mass is 285 g/mol. The minimum Gasteiger partial charge on any atom is -0.481 e. The summed E-state index contributed by atoms with van der Waals surface area (Å²) in [5.41, 5.74) is 0. The second kappa shape index (κ2) is 8.09. The molecule has 116 valence electrons. The minimum atomic E-state index is -0.827. The SMILES string of the molecule is CC(CCNC(=O)NCC1CCN(C(C)C)C1)C(=O)O. The quantitative estimate of drug-likeness (QED) is 0.655. The van der Waals surface area contributed by atoms with E-state index in [1.54, 1.807) is 6.92 Å². The number of urea groups is 1. The zero-order valence-electron chi connectivity index (χ0n) is 12.7. The topological polar surface area (TPSA) is 81.7 Å². The Kier molecular flexibility index (Phi) is 6.78. The number of carbonyl (C=O) groups excluding carboxylic acids is 1. The average Bonchev–Trinajstić information content (AvgIpc) is 2.85. The number of likely N-dealkylation sites (tertiary alicyclic amines) is 1. The molecule has 0 radical (unpaired) electrons. The van der Waals surface area contributed by atoms with Crippen LogP contribution >= 0.6 is 0 Å². The van der Waals surface area contributed by atoms with E-state index in [1.807, 2.05) is 0 Å². The summed E-state index contributed by atoms with van der Waals surface area (Å²) in [6, 6.07) is 0.358. The van der Waals surface area contributed by atoms with Crippen LogP contribution in [0.15, 0.2) is 0 Å². The predicted molar refractivity (Wildman–Crippen MR) is 77.6 cm³/mol. The van der Waals surface area contributed by atoms with E-state index in [0.29, 0.717) is 31.5 Å². The van der Waals surface area contributed by atoms with E-state index >= 15 is 0 Å². The van der Waals surface area contributed by atoms with Crippen LogP contribution in [0.2, 0.25) is 0 Å². The van der Waals surface area contributed by atoms with Crippen molar-refractivity contribution in [3.05, 3.63) is 0 Å². The van der Waals surface area contributed by atoms with Crippen LogP contribution in [-0.4, -0.2) is 54.2 Å². The number of nitrogens with zero attached hydrogens (tertiary/aromatic N) is 1. The van der Waals surface area contributed by atoms with E-state index < -0.39 is 11.9 Å². The van der Waals surface area contributed by atoms with Gasteiger partial charge in [-0.05, 0) is 39.2 Å². The molecular formula is C14H27N3O3. The van der Waals surface area contributed by atoms with Crippen LogP contribution < -0.4 is 10.6 Å². The molecule has 1 saturated heterocycles. The van der Waals surface area contributed by atoms with Gasteiger partial charge in [-0.25, -0.2) is 4.79 Å². The van der Waals surface area contributed by atoms with E-state index in [1.165, 1.54) is 0 Å². The van der Waals surface area contributed by atoms with Crippen LogP contribution in [0.3, 0.4) is 0 Å². The highest BCUT2D eigenvalue weighted by Crippen LogP contribution is 2.17. The molecule has 1 rings (SSSR count). The Balaban J connectivity index is 2.10. The van der Waals surface area contributed by atoms with Crippen molar-refractivity contribution >= 4 is 12.0 Å². The largest absolute Gasteiger partial charge is 0.481 e. The van der Waals surface area contributed by atoms with Gasteiger partial charge in [0.1, 0.15) is 0 Å². The lowest BCUT2D eigenvalue weighted by molar-refractivity contribution is -0.141. The molecule has 0 aromatic carbocycles. The molecule has 1 aliphatic heterocycles. The van der Waals surface area contributed by atoms with Crippen molar-refractivity contribution in [2.75, 3.05) is 26.2 Å². The highest BCUT2D eigenvalue weighted by atomic mass is 16.4. The van der Waals surface area contributed by atoms with Gasteiger partial charge in [0.15, 0.2) is 0 Å². The molecule has 1 heterocycles. The number of aliphatic carboxylic acids is 1. The second-order valence-electron chi connectivity index (χ2n) is 5.91. The Bertz CT molecular complexity index is 334. The molecule has 2 unspecified atom stereocenters. The number of hydrogen-bond acceptors (Lipinski definition) is 3. The molecule has 0 aliphatic carbocycles. The van der Waals surface area contributed by atoms with Gasteiger partial charge in [-0.15, -0.1) is 0 Å². The third-order valence-corrected chi connectivity index (χ3v) is 3.88. The van der Waals surface area contributed by atoms with Crippen molar-refractivity contribution in [2.45, 2.75) is 39.7 Å². The standard InChI is InChI=1S/C14H27N3O3/c1-10(2)17-7-5-12(9-17)8-16-14(20)15-6-4-11(3)13(18)19/h10-12H,4-9H2,1-3H3,(H,18,19)(H2,15,16,20). The minimum absolute atomic E-state index is 0.203. The van der Waals surface area contributed by atoms with Gasteiger partial charge in [-0.1, -0.05) is 6.92 Å². The summed E-state index contributed by atoms with van der Waals surface area (Å²) in [7, 11) is 0. The van der Waals surface area contributed by atoms with Gasteiger partial charge in [-0.2, -0.15) is 0 Å². The van der Waals surface area contributed by atoms with Crippen LogP contribution in [0.1, 0.15) is 33.6 Å². The molecule has 6 nitrogen and oxygen atoms in total. The first-order valence-corrected chi connectivity index (χ1v) is 7.38. The van der Waals surface area contributed by atoms with Gasteiger partial charge >= 0.3 is 12.0 Å². The van der Waals surface area contributed by atoms with Crippen LogP contribution in [0, 0.1) is 11.8 Å². The Hall–Kier alpha value is -1.30. The van der Waals surface area contributed by atoms with Crippen LogP contribution in [-0.2, 0) is 4.79 Å². The molecule has 2 amide bonds. The number of carboxylic acid groups (broad SMARTS) is 1. The van der Waals surface area contributed by atoms with E-state index in [0.717, 1.165) is 19.5 Å². The maximum Gasteiger partial charge on any atom is 0.314 e. The van der Waals surface area contributed by atoms with Gasteiger partial charge in [0, 0.05) is 25.7 Å². The Morgan fingerprint density at radius 1 is 1.30 bits per heavy atom. The Labute approximate surface area is 120 Å². The van der Waals surface area contributed by atoms with Crippen molar-refractivity contribution < 1.29 is 14.7 Å². The molecule has 0 aromatic heterocycles. The van der Waals surface area contributed by atoms with Crippen LogP contribution in [0.25, 0.3) is 0 Å². The summed E-state index contributed by atoms with van der Waals surface area (Å²) in [4.78, 5) is 24.6. The normalized spacial score (nSPS) is 20.9. The first-order chi connectivity index (χ1) is 9.40. The number of amides is 2. The number of nitrogens with one attached hydrogen (secondary N) is 2. The number of rotatable bonds is 7. The smallest absolute Gasteiger partial charge is 0.314 e. The summed E-state index contributed by atoms with van der Waals surface area (Å²) in [5, 5.41) is 14.3. The summed E-state index contributed by atoms with van der Waals surface area (Å²) in [6.45, 7) is 9.22. The summed E-state index contributed by atoms with van der Waals surface area (Å²) in [6.07, 6.45) is 1.57. The van der Waals surface area contributed by atoms with E-state index in [2.05, 4.69) is 29.4 Å². The maximum absolute atomic E-state index is 11.6. The molecule has 0 bridgehead atoms. The van der Waals surface area contributed by atoms with E-state index in [-0.39, 0.29) is 6.03 Å². The van der Waals surface area contributed by atoms with Crippen LogP contribution in [0.5, 0.6) is 0 Å². The second-order valence-corrected chi connectivity index (χ2v) is 5.91. The summed E-state index contributed by atoms with van der Waals surface area (Å²) < 4.78 is 0. The lowest BCUT2D eigenvalue weighted by atomic mass is 10.1. The molecule has 20 heavy (non-hydrogen) atoms. The van der Waals surface area contributed by atoms with Crippen molar-refractivity contribution in [2.24, 2.45) is 11.8 Å². The van der Waals surface area contributed by atoms with Gasteiger partial charge < -0.3 is 20.6 Å². The number of carbonyl (C=O) groups is 2. The van der Waals surface area contributed by atoms with Gasteiger partial charge in [-0.3, -0.25) is 4.79 Å². The third-order valence-electron chi connectivity index (χ3n) is 3.88. The molecule has 2 atom stereocenters. The summed E-state index contributed by atoms with van der Waals surface area (Å²) >= 11 is 0. The van der Waals surface area contributed by atoms with Crippen molar-refractivity contribution in [3.63, 3.8) is 0 Å². The molecule has 1 fully saturated rings. The zero-order valence-corrected chi connectivity index (χ0v) is 12.7. The Morgan fingerprint density at radius 3 is 2.55 bits per heavy atom. The average molecular weight is 285 g/mol. The van der Waals surface area contributed by atoms with Crippen molar-refractivity contribution in [1.82, 2.24) is 15.5 Å². The lowest BCUT2D eigenvalue weighted by Crippen LogP contribution is -2.40. The Morgan fingerprint density at radius 2 is 2.00 bits per heavy atom. The highest BCUT2D eigenvalue weighted by molar-refractivity contribution is 5.74. The first kappa shape index (κ1) is 16.8. The van der Waals surface area contributed by atoms with Crippen molar-refractivity contribution in [1.29, 1.82) is 0 Å². The number of hydrogen-bond donors (Lipinski definition) is 3. The maximum atomic E-state index is 11.6. The van der Waals surface area contributed by atoms with E-state index in [9.17, 15) is 9.59 Å². The summed E-state index contributed by atoms with van der Waals surface area (Å²) in [5.74, 6) is -0.738. The fourth-order valence-electron chi connectivity index (χ4n) is 2.32. The molecule has 6 heteroatoms. The fourth-order valence-corrected chi connectivity index (χ4v) is 2.32.